The zero-order chi connectivity index (χ0) is 76.2. The first-order chi connectivity index (χ1) is 58.6. The molecule has 0 N–H and O–H groups in total. The van der Waals surface area contributed by atoms with Gasteiger partial charge in [-0.1, -0.05) is 231 Å². The summed E-state index contributed by atoms with van der Waals surface area (Å²) in [5.74, 6) is 2.01. The van der Waals surface area contributed by atoms with Gasteiger partial charge in [0.2, 0.25) is 17.6 Å². The van der Waals surface area contributed by atoms with Crippen LogP contribution in [0.25, 0.3) is 273 Å². The van der Waals surface area contributed by atoms with E-state index < -0.39 is 0 Å². The summed E-state index contributed by atoms with van der Waals surface area (Å²) in [5, 5.41) is 27.5. The summed E-state index contributed by atoms with van der Waals surface area (Å²) in [6.45, 7) is 0. The molecule has 0 spiro atoms. The molecule has 0 amide bonds. The molecule has 12 heterocycles. The molecule has 118 heavy (non-hydrogen) atoms. The summed E-state index contributed by atoms with van der Waals surface area (Å²) in [5.41, 5.74) is 22.0. The quantitative estimate of drug-likeness (QED) is 0.165. The monoisotopic (exact) mass is 1520 g/mol. The van der Waals surface area contributed by atoms with E-state index in [9.17, 15) is 0 Å². The maximum absolute atomic E-state index is 6.95. The fourth-order valence-corrected chi connectivity index (χ4v) is 22.4. The van der Waals surface area contributed by atoms with Crippen LogP contribution in [-0.2, 0) is 0 Å². The van der Waals surface area contributed by atoms with Crippen molar-refractivity contribution in [3.05, 3.63) is 340 Å². The van der Waals surface area contributed by atoms with Crippen molar-refractivity contribution >= 4 is 239 Å². The largest absolute Gasteiger partial charge is 0.437 e. The van der Waals surface area contributed by atoms with Gasteiger partial charge in [0.1, 0.15) is 10.4 Å². The zero-order valence-corrected chi connectivity index (χ0v) is 63.4. The first kappa shape index (κ1) is 61.8. The third kappa shape index (κ3) is 7.78. The van der Waals surface area contributed by atoms with E-state index >= 15 is 0 Å². The average Bonchev–Trinajstić information content (AvgIpc) is 1.51. The molecule has 0 unspecified atom stereocenters. The predicted octanol–water partition coefficient (Wildman–Crippen LogP) is 27.9. The van der Waals surface area contributed by atoms with Crippen LogP contribution in [0.3, 0.4) is 0 Å². The lowest BCUT2D eigenvalue weighted by Crippen LogP contribution is -2.06. The van der Waals surface area contributed by atoms with Gasteiger partial charge in [0.25, 0.3) is 0 Å². The van der Waals surface area contributed by atoms with Gasteiger partial charge in [-0.25, -0.2) is 9.97 Å². The number of hydrogen-bond acceptors (Lipinski definition) is 6. The highest BCUT2D eigenvalue weighted by atomic mass is 32.1. The van der Waals surface area contributed by atoms with Crippen molar-refractivity contribution in [1.82, 2.24) is 47.0 Å². The molecule has 17 aromatic carbocycles. The number of thiophene rings is 1. The fourth-order valence-electron chi connectivity index (χ4n) is 21.3. The van der Waals surface area contributed by atoms with E-state index in [1.54, 1.807) is 11.3 Å². The molecule has 0 saturated heterocycles. The SMILES string of the molecule is c1ccc(-n2c3ccc(-c4nc(-n5c6ccc7ccccc7c6c6c7c8ccccc8n8c9ccccc9c(cc65)c78)nc5oc6ccccc6c45)cc3c3ccc(-c4ccc5c(ccc6c5c5c7c8ccccc8n8c9ccccc9c(cc5n6-c5nc(-n6c9ccccc9c9ccccc96)c6c(n5)sc5ccccc56)c78)c4)cc32)cc1. The number of fused-ring (bicyclic) bond motifs is 36. The Labute approximate surface area is 671 Å². The normalized spacial score (nSPS) is 12.7. The van der Waals surface area contributed by atoms with Gasteiger partial charge >= 0.3 is 0 Å². The van der Waals surface area contributed by atoms with Crippen molar-refractivity contribution in [3.8, 4) is 45.8 Å². The van der Waals surface area contributed by atoms with E-state index in [0.717, 1.165) is 142 Å². The topological polar surface area (TPSA) is 93.2 Å². The lowest BCUT2D eigenvalue weighted by Gasteiger charge is -2.13. The van der Waals surface area contributed by atoms with E-state index in [2.05, 4.69) is 355 Å². The van der Waals surface area contributed by atoms with Gasteiger partial charge in [-0.05, 0) is 142 Å². The summed E-state index contributed by atoms with van der Waals surface area (Å²) >= 11 is 1.73. The third-order valence-electron chi connectivity index (χ3n) is 26.1. The highest BCUT2D eigenvalue weighted by molar-refractivity contribution is 7.25. The molecular weight excluding hydrogens is 1460 g/mol. The molecule has 29 aromatic rings. The molecule has 0 atom stereocenters. The minimum absolute atomic E-state index is 0.525. The number of para-hydroxylation sites is 8. The summed E-state index contributed by atoms with van der Waals surface area (Å²) < 4.78 is 22.6. The number of nitrogens with zero attached hydrogens (tertiary/aromatic N) is 10. The fraction of sp³-hybridized carbons (Fsp3) is 0. The molecule has 0 fully saturated rings. The van der Waals surface area contributed by atoms with Crippen molar-refractivity contribution in [2.24, 2.45) is 0 Å². The van der Waals surface area contributed by atoms with Crippen molar-refractivity contribution in [2.45, 2.75) is 0 Å². The number of furan rings is 1. The third-order valence-corrected chi connectivity index (χ3v) is 27.2. The standard InChI is InChI=1S/C106H56N10OS/c1-2-23-62(24-3-1)111-83-49-46-61(99-95-72-32-12-20-40-89(72)117-103(95)109-105(107-99)115-84-50-44-57-22-4-5-25-63(57)91(84)97-87(115)55-75-67-28-8-14-34-77(67)112-81-38-18-10-30-70(81)93(97)100(75)112)53-74(83)69-48-43-59(54-86(69)111)58-42-47-64-60(52-58)45-51-85-92(64)98-88(56-76-68-29-9-15-35-78(68)113-82-39-19-11-31-71(82)94(98)101(76)113)116(85)106-108-102(96-73-33-13-21-41-90(73)118-104(96)110-106)114-79-36-16-6-26-65(79)66-27-7-17-37-80(66)114/h1-56H. The summed E-state index contributed by atoms with van der Waals surface area (Å²) in [6.07, 6.45) is 0. The van der Waals surface area contributed by atoms with Gasteiger partial charge in [-0.2, -0.15) is 9.97 Å². The van der Waals surface area contributed by atoms with E-state index in [1.165, 1.54) is 113 Å². The number of rotatable bonds is 6. The Morgan fingerprint density at radius 1 is 0.237 bits per heavy atom. The van der Waals surface area contributed by atoms with Gasteiger partial charge < -0.3 is 17.8 Å². The molecule has 0 bridgehead atoms. The second-order valence-electron chi connectivity index (χ2n) is 31.9. The van der Waals surface area contributed by atoms with E-state index in [4.69, 9.17) is 24.4 Å². The summed E-state index contributed by atoms with van der Waals surface area (Å²) in [6, 6.07) is 125. The zero-order valence-electron chi connectivity index (χ0n) is 62.6. The Hall–Kier alpha value is -15.8. The Balaban J connectivity index is 0.650. The summed E-state index contributed by atoms with van der Waals surface area (Å²) in [4.78, 5) is 24.1. The highest BCUT2D eigenvalue weighted by Gasteiger charge is 2.32. The molecule has 0 aliphatic rings. The van der Waals surface area contributed by atoms with Crippen molar-refractivity contribution in [1.29, 1.82) is 0 Å². The first-order valence-electron chi connectivity index (χ1n) is 40.2. The molecule has 11 nitrogen and oxygen atoms in total. The van der Waals surface area contributed by atoms with Gasteiger partial charge in [0.15, 0.2) is 5.82 Å². The van der Waals surface area contributed by atoms with Crippen LogP contribution < -0.4 is 0 Å². The van der Waals surface area contributed by atoms with Crippen LogP contribution in [0.1, 0.15) is 0 Å². The van der Waals surface area contributed by atoms with Gasteiger partial charge in [-0.15, -0.1) is 11.3 Å². The minimum atomic E-state index is 0.525. The van der Waals surface area contributed by atoms with Crippen LogP contribution in [0.2, 0.25) is 0 Å². The number of benzene rings is 17. The maximum atomic E-state index is 6.95. The molecule has 0 saturated carbocycles. The molecule has 12 aromatic heterocycles. The van der Waals surface area contributed by atoms with Crippen LogP contribution in [0.15, 0.2) is 344 Å². The molecular formula is C106H56N10OS. The second kappa shape index (κ2) is 22.2. The first-order valence-corrected chi connectivity index (χ1v) is 41.0. The average molecular weight is 1520 g/mol. The van der Waals surface area contributed by atoms with E-state index in [-0.39, 0.29) is 0 Å². The van der Waals surface area contributed by atoms with E-state index in [1.807, 2.05) is 12.1 Å². The predicted molar refractivity (Wildman–Crippen MR) is 490 cm³/mol. The molecule has 0 aliphatic heterocycles. The maximum Gasteiger partial charge on any atom is 0.238 e. The number of aromatic nitrogens is 10. The molecule has 12 heteroatoms. The lowest BCUT2D eigenvalue weighted by atomic mass is 9.96. The highest BCUT2D eigenvalue weighted by Crippen LogP contribution is 2.53. The Kier molecular flexibility index (Phi) is 11.6. The van der Waals surface area contributed by atoms with E-state index in [0.29, 0.717) is 17.6 Å². The van der Waals surface area contributed by atoms with Crippen LogP contribution in [0, 0.1) is 0 Å². The van der Waals surface area contributed by atoms with Crippen molar-refractivity contribution < 1.29 is 4.42 Å². The van der Waals surface area contributed by atoms with Gasteiger partial charge in [0, 0.05) is 113 Å². The lowest BCUT2D eigenvalue weighted by molar-refractivity contribution is 0.651. The number of hydrogen-bond donors (Lipinski definition) is 0. The van der Waals surface area contributed by atoms with Crippen LogP contribution >= 0.6 is 11.3 Å². The Morgan fingerprint density at radius 2 is 0.712 bits per heavy atom. The molecule has 542 valence electrons. The van der Waals surface area contributed by atoms with Gasteiger partial charge in [-0.3, -0.25) is 13.7 Å². The van der Waals surface area contributed by atoms with Crippen molar-refractivity contribution in [2.75, 3.05) is 0 Å². The Morgan fingerprint density at radius 3 is 1.36 bits per heavy atom. The van der Waals surface area contributed by atoms with Crippen LogP contribution in [-0.4, -0.2) is 47.0 Å². The molecule has 0 aliphatic carbocycles. The molecule has 29 rings (SSSR count). The minimum Gasteiger partial charge on any atom is -0.437 e. The smallest absolute Gasteiger partial charge is 0.238 e. The summed E-state index contributed by atoms with van der Waals surface area (Å²) in [7, 11) is 0. The van der Waals surface area contributed by atoms with Crippen LogP contribution in [0.5, 0.6) is 0 Å². The Bertz CT molecular complexity index is 9570. The van der Waals surface area contributed by atoms with Crippen LogP contribution in [0.4, 0.5) is 0 Å². The molecule has 0 radical (unpaired) electrons. The van der Waals surface area contributed by atoms with Gasteiger partial charge in [0.05, 0.1) is 93.7 Å². The second-order valence-corrected chi connectivity index (χ2v) is 32.9. The van der Waals surface area contributed by atoms with Crippen molar-refractivity contribution in [3.63, 3.8) is 0 Å².